The lowest BCUT2D eigenvalue weighted by Crippen LogP contribution is -2.28. The predicted molar refractivity (Wildman–Crippen MR) is 89.6 cm³/mol. The molecule has 3 aromatic rings. The summed E-state index contributed by atoms with van der Waals surface area (Å²) in [6.45, 7) is 1.91. The minimum absolute atomic E-state index is 0.0710. The van der Waals surface area contributed by atoms with Crippen LogP contribution < -0.4 is 5.32 Å². The maximum Gasteiger partial charge on any atom is 0.231 e. The molecule has 2 aromatic heterocycles. The molecule has 1 aliphatic carbocycles. The zero-order valence-electron chi connectivity index (χ0n) is 13.2. The van der Waals surface area contributed by atoms with Crippen LogP contribution in [0.5, 0.6) is 0 Å². The van der Waals surface area contributed by atoms with Gasteiger partial charge < -0.3 is 9.73 Å². The summed E-state index contributed by atoms with van der Waals surface area (Å²) in [5, 5.41) is 16.3. The number of fused-ring (bicyclic) bond motifs is 1. The molecule has 1 aliphatic rings. The quantitative estimate of drug-likeness (QED) is 0.693. The van der Waals surface area contributed by atoms with Crippen LogP contribution in [0.25, 0.3) is 11.0 Å². The zero-order valence-corrected chi connectivity index (χ0v) is 14.0. The molecule has 124 valence electrons. The summed E-state index contributed by atoms with van der Waals surface area (Å²) in [7, 11) is 0. The highest BCUT2D eigenvalue weighted by Gasteiger charge is 2.28. The lowest BCUT2D eigenvalue weighted by atomic mass is 10.2. The second-order valence-corrected chi connectivity index (χ2v) is 6.84. The number of furan rings is 1. The summed E-state index contributed by atoms with van der Waals surface area (Å²) >= 11 is 1.36. The molecule has 8 heteroatoms. The van der Waals surface area contributed by atoms with Gasteiger partial charge in [0.15, 0.2) is 0 Å². The number of thioether (sulfide) groups is 1. The zero-order chi connectivity index (χ0) is 16.5. The smallest absolute Gasteiger partial charge is 0.231 e. The van der Waals surface area contributed by atoms with Crippen LogP contribution in [-0.2, 0) is 4.79 Å². The fraction of sp³-hybridized carbons (Fsp3) is 0.375. The summed E-state index contributed by atoms with van der Waals surface area (Å²) in [6, 6.07) is 9.97. The summed E-state index contributed by atoms with van der Waals surface area (Å²) < 4.78 is 7.59. The van der Waals surface area contributed by atoms with Gasteiger partial charge in [-0.25, -0.2) is 4.68 Å². The van der Waals surface area contributed by atoms with E-state index in [1.807, 2.05) is 37.3 Å². The van der Waals surface area contributed by atoms with Crippen LogP contribution in [0.15, 0.2) is 39.9 Å². The van der Waals surface area contributed by atoms with Crippen LogP contribution in [0.3, 0.4) is 0 Å². The van der Waals surface area contributed by atoms with Gasteiger partial charge in [0.2, 0.25) is 11.1 Å². The highest BCUT2D eigenvalue weighted by molar-refractivity contribution is 7.99. The third kappa shape index (κ3) is 3.14. The van der Waals surface area contributed by atoms with Gasteiger partial charge in [0, 0.05) is 5.39 Å². The molecule has 1 aromatic carbocycles. The van der Waals surface area contributed by atoms with Gasteiger partial charge in [-0.2, -0.15) is 0 Å². The molecule has 4 rings (SSSR count). The van der Waals surface area contributed by atoms with E-state index < -0.39 is 0 Å². The molecule has 0 bridgehead atoms. The molecule has 0 radical (unpaired) electrons. The Balaban J connectivity index is 1.35. The van der Waals surface area contributed by atoms with E-state index in [0.29, 0.717) is 11.2 Å². The van der Waals surface area contributed by atoms with Gasteiger partial charge in [0.1, 0.15) is 11.3 Å². The van der Waals surface area contributed by atoms with Crippen molar-refractivity contribution < 1.29 is 9.21 Å². The average Bonchev–Trinajstić information content (AvgIpc) is 3.16. The number of rotatable bonds is 6. The van der Waals surface area contributed by atoms with Crippen LogP contribution in [-0.4, -0.2) is 31.9 Å². The molecule has 0 saturated heterocycles. The SMILES string of the molecule is C[C@H](NC(=O)CSc1nnnn1C1CC1)c1cc2ccccc2o1. The van der Waals surface area contributed by atoms with E-state index in [-0.39, 0.29) is 17.7 Å². The minimum atomic E-state index is -0.190. The number of para-hydroxylation sites is 1. The predicted octanol–water partition coefficient (Wildman–Crippen LogP) is 2.72. The van der Waals surface area contributed by atoms with Crippen LogP contribution in [0, 0.1) is 0 Å². The minimum Gasteiger partial charge on any atom is -0.459 e. The Morgan fingerprint density at radius 3 is 3.08 bits per heavy atom. The van der Waals surface area contributed by atoms with E-state index in [4.69, 9.17) is 4.42 Å². The van der Waals surface area contributed by atoms with Crippen molar-refractivity contribution in [2.45, 2.75) is 37.0 Å². The number of amides is 1. The fourth-order valence-electron chi connectivity index (χ4n) is 2.53. The van der Waals surface area contributed by atoms with Gasteiger partial charge in [-0.3, -0.25) is 4.79 Å². The van der Waals surface area contributed by atoms with E-state index in [2.05, 4.69) is 20.8 Å². The number of nitrogens with one attached hydrogen (secondary N) is 1. The van der Waals surface area contributed by atoms with Crippen molar-refractivity contribution in [1.82, 2.24) is 25.5 Å². The van der Waals surface area contributed by atoms with Crippen LogP contribution in [0.2, 0.25) is 0 Å². The number of hydrogen-bond donors (Lipinski definition) is 1. The summed E-state index contributed by atoms with van der Waals surface area (Å²) in [5.74, 6) is 0.952. The highest BCUT2D eigenvalue weighted by Crippen LogP contribution is 2.36. The van der Waals surface area contributed by atoms with Gasteiger partial charge in [0.05, 0.1) is 17.8 Å². The molecule has 0 aliphatic heterocycles. The first-order chi connectivity index (χ1) is 11.7. The Hall–Kier alpha value is -2.35. The van der Waals surface area contributed by atoms with Crippen molar-refractivity contribution in [3.63, 3.8) is 0 Å². The third-order valence-corrected chi connectivity index (χ3v) is 4.87. The number of benzene rings is 1. The molecule has 24 heavy (non-hydrogen) atoms. The molecule has 0 unspecified atom stereocenters. The first-order valence-corrected chi connectivity index (χ1v) is 8.88. The standard InChI is InChI=1S/C16H17N5O2S/c1-10(14-8-11-4-2-3-5-13(11)23-14)17-15(22)9-24-16-18-19-20-21(16)12-6-7-12/h2-5,8,10,12H,6-7,9H2,1H3,(H,17,22)/t10-/m0/s1. The van der Waals surface area contributed by atoms with Crippen molar-refractivity contribution in [1.29, 1.82) is 0 Å². The number of carbonyl (C=O) groups excluding carboxylic acids is 1. The van der Waals surface area contributed by atoms with E-state index in [1.165, 1.54) is 11.8 Å². The largest absolute Gasteiger partial charge is 0.459 e. The third-order valence-electron chi connectivity index (χ3n) is 3.94. The Kier molecular flexibility index (Phi) is 3.97. The molecule has 0 spiro atoms. The topological polar surface area (TPSA) is 85.8 Å². The molecule has 1 fully saturated rings. The summed E-state index contributed by atoms with van der Waals surface area (Å²) in [4.78, 5) is 12.2. The van der Waals surface area contributed by atoms with Gasteiger partial charge in [-0.1, -0.05) is 30.0 Å². The fourth-order valence-corrected chi connectivity index (χ4v) is 3.28. The molecular weight excluding hydrogens is 326 g/mol. The molecule has 1 atom stereocenters. The second-order valence-electron chi connectivity index (χ2n) is 5.90. The summed E-state index contributed by atoms with van der Waals surface area (Å²) in [6.07, 6.45) is 2.21. The van der Waals surface area contributed by atoms with E-state index in [9.17, 15) is 4.79 Å². The number of tetrazole rings is 1. The second kappa shape index (κ2) is 6.27. The van der Waals surface area contributed by atoms with Crippen LogP contribution in [0.1, 0.15) is 37.6 Å². The van der Waals surface area contributed by atoms with Crippen LogP contribution in [0.4, 0.5) is 0 Å². The number of nitrogens with zero attached hydrogens (tertiary/aromatic N) is 4. The lowest BCUT2D eigenvalue weighted by Gasteiger charge is -2.11. The van der Waals surface area contributed by atoms with Gasteiger partial charge >= 0.3 is 0 Å². The number of hydrogen-bond acceptors (Lipinski definition) is 6. The van der Waals surface area contributed by atoms with Crippen molar-refractivity contribution in [3.05, 3.63) is 36.1 Å². The Bertz CT molecular complexity index is 837. The Morgan fingerprint density at radius 2 is 2.29 bits per heavy atom. The van der Waals surface area contributed by atoms with Gasteiger partial charge in [0.25, 0.3) is 0 Å². The molecule has 1 N–H and O–H groups in total. The number of aromatic nitrogens is 4. The first-order valence-electron chi connectivity index (χ1n) is 7.89. The maximum absolute atomic E-state index is 12.2. The maximum atomic E-state index is 12.2. The number of carbonyl (C=O) groups is 1. The Morgan fingerprint density at radius 1 is 1.46 bits per heavy atom. The normalized spacial score (nSPS) is 15.5. The van der Waals surface area contributed by atoms with E-state index >= 15 is 0 Å². The molecule has 1 amide bonds. The van der Waals surface area contributed by atoms with Crippen molar-refractivity contribution in [3.8, 4) is 0 Å². The van der Waals surface area contributed by atoms with Crippen molar-refractivity contribution in [2.24, 2.45) is 0 Å². The van der Waals surface area contributed by atoms with Gasteiger partial charge in [-0.15, -0.1) is 5.10 Å². The van der Waals surface area contributed by atoms with E-state index in [0.717, 1.165) is 29.6 Å². The average molecular weight is 343 g/mol. The van der Waals surface area contributed by atoms with Crippen molar-refractivity contribution in [2.75, 3.05) is 5.75 Å². The summed E-state index contributed by atoms with van der Waals surface area (Å²) in [5.41, 5.74) is 0.826. The molecule has 2 heterocycles. The lowest BCUT2D eigenvalue weighted by molar-refractivity contribution is -0.119. The van der Waals surface area contributed by atoms with E-state index in [1.54, 1.807) is 4.68 Å². The molecule has 1 saturated carbocycles. The molecular formula is C16H17N5O2S. The first kappa shape index (κ1) is 15.2. The molecule has 7 nitrogen and oxygen atoms in total. The van der Waals surface area contributed by atoms with Crippen LogP contribution >= 0.6 is 11.8 Å². The van der Waals surface area contributed by atoms with Gasteiger partial charge in [-0.05, 0) is 42.3 Å². The van der Waals surface area contributed by atoms with Crippen molar-refractivity contribution >= 4 is 28.6 Å². The monoisotopic (exact) mass is 343 g/mol. The Labute approximate surface area is 142 Å². The highest BCUT2D eigenvalue weighted by atomic mass is 32.2.